The summed E-state index contributed by atoms with van der Waals surface area (Å²) in [5, 5.41) is 1.02. The highest BCUT2D eigenvalue weighted by Crippen LogP contribution is 2.18. The molecule has 98 valence electrons. The van der Waals surface area contributed by atoms with Crippen LogP contribution in [-0.4, -0.2) is 11.6 Å². The van der Waals surface area contributed by atoms with Gasteiger partial charge in [0.15, 0.2) is 0 Å². The SMILES string of the molecule is CC.CCCCOc1ccc2ccc(=O)[nH]c2c1. The number of hydrogen-bond donors (Lipinski definition) is 1. The Morgan fingerprint density at radius 2 is 1.89 bits per heavy atom. The zero-order valence-electron chi connectivity index (χ0n) is 11.3. The number of benzene rings is 1. The largest absolute Gasteiger partial charge is 0.494 e. The summed E-state index contributed by atoms with van der Waals surface area (Å²) in [6.45, 7) is 6.85. The van der Waals surface area contributed by atoms with Crippen LogP contribution < -0.4 is 10.3 Å². The third-order valence-electron chi connectivity index (χ3n) is 2.46. The first kappa shape index (κ1) is 14.3. The molecule has 1 N–H and O–H groups in total. The van der Waals surface area contributed by atoms with E-state index >= 15 is 0 Å². The van der Waals surface area contributed by atoms with Gasteiger partial charge in [0.2, 0.25) is 5.56 Å². The molecular weight excluding hydrogens is 226 g/mol. The number of H-pyrrole nitrogens is 1. The lowest BCUT2D eigenvalue weighted by Crippen LogP contribution is -2.02. The average molecular weight is 247 g/mol. The fourth-order valence-electron chi connectivity index (χ4n) is 1.55. The molecule has 18 heavy (non-hydrogen) atoms. The van der Waals surface area contributed by atoms with Gasteiger partial charge in [-0.3, -0.25) is 4.79 Å². The fourth-order valence-corrected chi connectivity index (χ4v) is 1.55. The van der Waals surface area contributed by atoms with Crippen LogP contribution >= 0.6 is 0 Å². The monoisotopic (exact) mass is 247 g/mol. The maximum atomic E-state index is 11.2. The number of nitrogens with one attached hydrogen (secondary N) is 1. The van der Waals surface area contributed by atoms with E-state index in [1.54, 1.807) is 0 Å². The number of unbranched alkanes of at least 4 members (excludes halogenated alkanes) is 1. The molecule has 0 aliphatic heterocycles. The molecule has 0 bridgehead atoms. The highest BCUT2D eigenvalue weighted by Gasteiger charge is 1.97. The minimum Gasteiger partial charge on any atom is -0.494 e. The number of hydrogen-bond acceptors (Lipinski definition) is 2. The quantitative estimate of drug-likeness (QED) is 0.836. The molecule has 0 fully saturated rings. The summed E-state index contributed by atoms with van der Waals surface area (Å²) in [5.41, 5.74) is 0.736. The molecule has 0 aliphatic rings. The lowest BCUT2D eigenvalue weighted by Gasteiger charge is -2.06. The molecule has 0 radical (unpaired) electrons. The molecule has 1 aromatic heterocycles. The van der Waals surface area contributed by atoms with Gasteiger partial charge in [-0.2, -0.15) is 0 Å². The predicted molar refractivity (Wildman–Crippen MR) is 76.3 cm³/mol. The van der Waals surface area contributed by atoms with Crippen LogP contribution in [0.25, 0.3) is 10.9 Å². The van der Waals surface area contributed by atoms with Gasteiger partial charge in [-0.05, 0) is 30.0 Å². The van der Waals surface area contributed by atoms with Crippen LogP contribution in [0.3, 0.4) is 0 Å². The second-order valence-corrected chi connectivity index (χ2v) is 3.77. The number of pyridine rings is 1. The van der Waals surface area contributed by atoms with E-state index in [2.05, 4.69) is 11.9 Å². The summed E-state index contributed by atoms with van der Waals surface area (Å²) in [6, 6.07) is 9.08. The van der Waals surface area contributed by atoms with E-state index in [0.29, 0.717) is 0 Å². The van der Waals surface area contributed by atoms with Gasteiger partial charge in [-0.15, -0.1) is 0 Å². The first-order valence-corrected chi connectivity index (χ1v) is 6.55. The van der Waals surface area contributed by atoms with Crippen LogP contribution in [0.5, 0.6) is 5.75 Å². The molecule has 1 aromatic carbocycles. The van der Waals surface area contributed by atoms with Crippen molar-refractivity contribution in [3.05, 3.63) is 40.7 Å². The Morgan fingerprint density at radius 1 is 1.17 bits per heavy atom. The Hall–Kier alpha value is -1.77. The molecule has 2 aromatic rings. The van der Waals surface area contributed by atoms with Gasteiger partial charge < -0.3 is 9.72 Å². The molecule has 3 heteroatoms. The fraction of sp³-hybridized carbons (Fsp3) is 0.400. The van der Waals surface area contributed by atoms with Crippen molar-refractivity contribution in [1.82, 2.24) is 4.98 Å². The van der Waals surface area contributed by atoms with Gasteiger partial charge in [-0.25, -0.2) is 0 Å². The molecular formula is C15H21NO2. The number of aromatic nitrogens is 1. The smallest absolute Gasteiger partial charge is 0.248 e. The van der Waals surface area contributed by atoms with Crippen LogP contribution in [0.2, 0.25) is 0 Å². The van der Waals surface area contributed by atoms with Crippen LogP contribution in [0.1, 0.15) is 33.6 Å². The molecule has 0 saturated carbocycles. The maximum Gasteiger partial charge on any atom is 0.248 e. The van der Waals surface area contributed by atoms with Gasteiger partial charge in [0, 0.05) is 12.1 Å². The summed E-state index contributed by atoms with van der Waals surface area (Å²) in [5.74, 6) is 0.808. The molecule has 3 nitrogen and oxygen atoms in total. The molecule has 0 atom stereocenters. The molecule has 1 heterocycles. The topological polar surface area (TPSA) is 42.1 Å². The maximum absolute atomic E-state index is 11.2. The van der Waals surface area contributed by atoms with Crippen molar-refractivity contribution in [1.29, 1.82) is 0 Å². The Kier molecular flexibility index (Phi) is 5.98. The van der Waals surface area contributed by atoms with Crippen molar-refractivity contribution in [2.24, 2.45) is 0 Å². The van der Waals surface area contributed by atoms with E-state index in [1.165, 1.54) is 6.07 Å². The van der Waals surface area contributed by atoms with Crippen molar-refractivity contribution in [3.8, 4) is 5.75 Å². The minimum atomic E-state index is -0.0850. The number of rotatable bonds is 4. The highest BCUT2D eigenvalue weighted by atomic mass is 16.5. The molecule has 2 rings (SSSR count). The molecule has 0 aliphatic carbocycles. The minimum absolute atomic E-state index is 0.0850. The number of ether oxygens (including phenoxy) is 1. The van der Waals surface area contributed by atoms with Crippen LogP contribution in [0, 0.1) is 0 Å². The van der Waals surface area contributed by atoms with Crippen molar-refractivity contribution in [3.63, 3.8) is 0 Å². The number of fused-ring (bicyclic) bond motifs is 1. The van der Waals surface area contributed by atoms with E-state index in [4.69, 9.17) is 4.74 Å². The lowest BCUT2D eigenvalue weighted by atomic mass is 10.2. The van der Waals surface area contributed by atoms with Gasteiger partial charge >= 0.3 is 0 Å². The van der Waals surface area contributed by atoms with Crippen molar-refractivity contribution >= 4 is 10.9 Å². The van der Waals surface area contributed by atoms with Crippen LogP contribution in [0.15, 0.2) is 35.1 Å². The van der Waals surface area contributed by atoms with Gasteiger partial charge in [0.1, 0.15) is 5.75 Å². The van der Waals surface area contributed by atoms with Gasteiger partial charge in [0.25, 0.3) is 0 Å². The predicted octanol–water partition coefficient (Wildman–Crippen LogP) is 3.73. The zero-order valence-corrected chi connectivity index (χ0v) is 11.3. The Morgan fingerprint density at radius 3 is 2.61 bits per heavy atom. The van der Waals surface area contributed by atoms with E-state index < -0.39 is 0 Å². The summed E-state index contributed by atoms with van der Waals surface area (Å²) >= 11 is 0. The van der Waals surface area contributed by atoms with Gasteiger partial charge in [-0.1, -0.05) is 27.2 Å². The van der Waals surface area contributed by atoms with Crippen molar-refractivity contribution in [2.75, 3.05) is 6.61 Å². The van der Waals surface area contributed by atoms with E-state index in [-0.39, 0.29) is 5.56 Å². The second kappa shape index (κ2) is 7.54. The van der Waals surface area contributed by atoms with E-state index in [1.807, 2.05) is 38.1 Å². The lowest BCUT2D eigenvalue weighted by molar-refractivity contribution is 0.310. The normalized spacial score (nSPS) is 9.72. The van der Waals surface area contributed by atoms with Crippen LogP contribution in [0.4, 0.5) is 0 Å². The first-order valence-electron chi connectivity index (χ1n) is 6.55. The van der Waals surface area contributed by atoms with Crippen LogP contribution in [-0.2, 0) is 0 Å². The van der Waals surface area contributed by atoms with E-state index in [0.717, 1.165) is 36.1 Å². The Bertz CT molecular complexity index is 531. The number of aromatic amines is 1. The zero-order chi connectivity index (χ0) is 13.4. The summed E-state index contributed by atoms with van der Waals surface area (Å²) < 4.78 is 5.57. The molecule has 0 saturated heterocycles. The average Bonchev–Trinajstić information content (AvgIpc) is 2.41. The molecule has 0 spiro atoms. The summed E-state index contributed by atoms with van der Waals surface area (Å²) in [7, 11) is 0. The Labute approximate surface area is 108 Å². The van der Waals surface area contributed by atoms with E-state index in [9.17, 15) is 4.79 Å². The molecule has 0 unspecified atom stereocenters. The van der Waals surface area contributed by atoms with Crippen molar-refractivity contribution < 1.29 is 4.74 Å². The Balaban J connectivity index is 0.000000771. The third-order valence-corrected chi connectivity index (χ3v) is 2.46. The molecule has 0 amide bonds. The highest BCUT2D eigenvalue weighted by molar-refractivity contribution is 5.79. The second-order valence-electron chi connectivity index (χ2n) is 3.77. The van der Waals surface area contributed by atoms with Gasteiger partial charge in [0.05, 0.1) is 12.1 Å². The summed E-state index contributed by atoms with van der Waals surface area (Å²) in [6.07, 6.45) is 2.16. The third kappa shape index (κ3) is 3.91. The summed E-state index contributed by atoms with van der Waals surface area (Å²) in [4.78, 5) is 13.9. The van der Waals surface area contributed by atoms with Crippen molar-refractivity contribution in [2.45, 2.75) is 33.6 Å². The standard InChI is InChI=1S/C13H15NO2.C2H6/c1-2-3-8-16-11-6-4-10-5-7-13(15)14-12(10)9-11;1-2/h4-7,9H,2-3,8H2,1H3,(H,14,15);1-2H3. The first-order chi connectivity index (χ1) is 8.79.